The van der Waals surface area contributed by atoms with Crippen LogP contribution < -0.4 is 15.4 Å². The van der Waals surface area contributed by atoms with E-state index in [1.165, 1.54) is 6.92 Å². The maximum Gasteiger partial charge on any atom is 0.191 e. The fraction of sp³-hybridized carbons (Fsp3) is 0.429. The topological polar surface area (TPSA) is 67.4 Å². The number of hydrogen-bond donors (Lipinski definition) is 2. The standard InChI is InChI=1S/C28H38N2O3/c1-8-11-12-29-17-20(9-2)24-13-21-14-25(18(4)5)30-26(23(21)15-28(24)33-7)16-27(32)22(10-3)19(6)31/h9-10,13,15-18,25,29-30H,2,8,11-12,14H2,1,3-7H3/b20-17+,22-10-,26-16-. The number of ketones is 2. The Hall–Kier alpha value is -3.08. The molecule has 5 nitrogen and oxygen atoms in total. The molecular formula is C28H38N2O3. The van der Waals surface area contributed by atoms with Crippen LogP contribution >= 0.6 is 0 Å². The van der Waals surface area contributed by atoms with E-state index in [1.54, 1.807) is 26.2 Å². The first-order valence-corrected chi connectivity index (χ1v) is 11.7. The minimum absolute atomic E-state index is 0.169. The molecule has 0 spiro atoms. The van der Waals surface area contributed by atoms with Crippen LogP contribution in [0.4, 0.5) is 0 Å². The van der Waals surface area contributed by atoms with E-state index in [9.17, 15) is 9.59 Å². The molecule has 0 amide bonds. The highest BCUT2D eigenvalue weighted by molar-refractivity contribution is 6.24. The van der Waals surface area contributed by atoms with E-state index in [2.05, 4.69) is 44.1 Å². The van der Waals surface area contributed by atoms with Crippen LogP contribution in [0, 0.1) is 5.92 Å². The van der Waals surface area contributed by atoms with Crippen LogP contribution in [-0.2, 0) is 16.0 Å². The van der Waals surface area contributed by atoms with Crippen molar-refractivity contribution in [1.29, 1.82) is 0 Å². The van der Waals surface area contributed by atoms with Crippen molar-refractivity contribution < 1.29 is 14.3 Å². The van der Waals surface area contributed by atoms with Crippen molar-refractivity contribution in [3.63, 3.8) is 0 Å². The largest absolute Gasteiger partial charge is 0.496 e. The number of ether oxygens (including phenoxy) is 1. The van der Waals surface area contributed by atoms with Gasteiger partial charge in [-0.25, -0.2) is 0 Å². The van der Waals surface area contributed by atoms with Crippen molar-refractivity contribution in [2.45, 2.75) is 59.9 Å². The fourth-order valence-corrected chi connectivity index (χ4v) is 3.96. The third-order valence-electron chi connectivity index (χ3n) is 5.97. The maximum atomic E-state index is 12.9. The molecule has 0 saturated heterocycles. The number of carbonyl (C=O) groups is 2. The average Bonchev–Trinajstić information content (AvgIpc) is 2.78. The highest BCUT2D eigenvalue weighted by atomic mass is 16.5. The van der Waals surface area contributed by atoms with Gasteiger partial charge in [0.15, 0.2) is 11.6 Å². The summed E-state index contributed by atoms with van der Waals surface area (Å²) in [6.07, 6.45) is 9.98. The van der Waals surface area contributed by atoms with Gasteiger partial charge in [0.2, 0.25) is 0 Å². The van der Waals surface area contributed by atoms with Crippen LogP contribution in [0.1, 0.15) is 64.2 Å². The molecular weight excluding hydrogens is 412 g/mol. The molecule has 1 unspecified atom stereocenters. The number of hydrogen-bond acceptors (Lipinski definition) is 5. The van der Waals surface area contributed by atoms with E-state index < -0.39 is 0 Å². The molecule has 0 radical (unpaired) electrons. The van der Waals surface area contributed by atoms with Crippen LogP contribution in [0.15, 0.2) is 48.7 Å². The van der Waals surface area contributed by atoms with Gasteiger partial charge in [0.25, 0.3) is 0 Å². The second-order valence-electron chi connectivity index (χ2n) is 8.70. The van der Waals surface area contributed by atoms with Crippen LogP contribution in [0.3, 0.4) is 0 Å². The Bertz CT molecular complexity index is 983. The Balaban J connectivity index is 2.59. The van der Waals surface area contributed by atoms with E-state index >= 15 is 0 Å². The second-order valence-corrected chi connectivity index (χ2v) is 8.70. The smallest absolute Gasteiger partial charge is 0.191 e. The number of benzene rings is 1. The van der Waals surface area contributed by atoms with Crippen molar-refractivity contribution in [3.8, 4) is 5.75 Å². The number of rotatable bonds is 11. The zero-order chi connectivity index (χ0) is 24.5. The van der Waals surface area contributed by atoms with E-state index in [-0.39, 0.29) is 23.2 Å². The SMILES string of the molecule is C=C/C(=C\NCCCC)c1cc2c(cc1OC)/C(=C/C(=O)/C(=C\C)C(C)=O)NC(C(C)C)C2. The van der Waals surface area contributed by atoms with Crippen LogP contribution in [0.5, 0.6) is 5.75 Å². The number of allylic oxidation sites excluding steroid dienone is 5. The lowest BCUT2D eigenvalue weighted by atomic mass is 9.85. The third kappa shape index (κ3) is 6.47. The zero-order valence-electron chi connectivity index (χ0n) is 20.9. The number of nitrogens with one attached hydrogen (secondary N) is 2. The van der Waals surface area contributed by atoms with Gasteiger partial charge in [0.05, 0.1) is 12.7 Å². The molecule has 0 aliphatic carbocycles. The number of methoxy groups -OCH3 is 1. The zero-order valence-corrected chi connectivity index (χ0v) is 20.9. The first kappa shape index (κ1) is 26.2. The first-order valence-electron chi connectivity index (χ1n) is 11.7. The van der Waals surface area contributed by atoms with Gasteiger partial charge in [-0.05, 0) is 50.3 Å². The molecule has 5 heteroatoms. The lowest BCUT2D eigenvalue weighted by molar-refractivity contribution is -0.118. The van der Waals surface area contributed by atoms with Gasteiger partial charge in [-0.1, -0.05) is 45.9 Å². The number of fused-ring (bicyclic) bond motifs is 1. The Morgan fingerprint density at radius 2 is 2.06 bits per heavy atom. The highest BCUT2D eigenvalue weighted by Crippen LogP contribution is 2.36. The van der Waals surface area contributed by atoms with Gasteiger partial charge in [-0.15, -0.1) is 0 Å². The lowest BCUT2D eigenvalue weighted by Crippen LogP contribution is -2.39. The summed E-state index contributed by atoms with van der Waals surface area (Å²) in [6, 6.07) is 4.28. The predicted molar refractivity (Wildman–Crippen MR) is 137 cm³/mol. The van der Waals surface area contributed by atoms with Crippen LogP contribution in [0.2, 0.25) is 0 Å². The van der Waals surface area contributed by atoms with Crippen LogP contribution in [-0.4, -0.2) is 31.3 Å². The Kier molecular flexibility index (Phi) is 9.71. The molecule has 1 atom stereocenters. The summed E-state index contributed by atoms with van der Waals surface area (Å²) in [5.74, 6) is 0.539. The van der Waals surface area contributed by atoms with Gasteiger partial charge in [-0.3, -0.25) is 9.59 Å². The quantitative estimate of drug-likeness (QED) is 0.159. The van der Waals surface area contributed by atoms with Gasteiger partial charge in [-0.2, -0.15) is 0 Å². The van der Waals surface area contributed by atoms with Gasteiger partial charge < -0.3 is 15.4 Å². The Morgan fingerprint density at radius 3 is 2.61 bits per heavy atom. The van der Waals surface area contributed by atoms with Crippen molar-refractivity contribution >= 4 is 22.8 Å². The van der Waals surface area contributed by atoms with Gasteiger partial charge >= 0.3 is 0 Å². The summed E-state index contributed by atoms with van der Waals surface area (Å²) in [5.41, 5.74) is 4.88. The van der Waals surface area contributed by atoms with E-state index in [4.69, 9.17) is 4.74 Å². The summed E-state index contributed by atoms with van der Waals surface area (Å²) < 4.78 is 5.73. The molecule has 1 aromatic rings. The van der Waals surface area contributed by atoms with Crippen LogP contribution in [0.25, 0.3) is 11.3 Å². The molecule has 0 bridgehead atoms. The average molecular weight is 451 g/mol. The molecule has 1 aliphatic rings. The molecule has 0 fully saturated rings. The number of carbonyl (C=O) groups excluding carboxylic acids is 2. The normalized spacial score (nSPS) is 17.4. The molecule has 1 aromatic carbocycles. The predicted octanol–water partition coefficient (Wildman–Crippen LogP) is 5.23. The molecule has 0 aromatic heterocycles. The maximum absolute atomic E-state index is 12.9. The Labute approximate surface area is 198 Å². The Morgan fingerprint density at radius 1 is 1.33 bits per heavy atom. The molecule has 178 valence electrons. The molecule has 0 saturated carbocycles. The molecule has 2 N–H and O–H groups in total. The monoisotopic (exact) mass is 450 g/mol. The minimum atomic E-state index is -0.294. The van der Waals surface area contributed by atoms with Crippen molar-refractivity contribution in [3.05, 3.63) is 65.4 Å². The number of unbranched alkanes of at least 4 members (excludes halogenated alkanes) is 1. The van der Waals surface area contributed by atoms with Crippen molar-refractivity contribution in [1.82, 2.24) is 10.6 Å². The van der Waals surface area contributed by atoms with E-state index in [0.717, 1.165) is 53.8 Å². The second kappa shape index (κ2) is 12.2. The summed E-state index contributed by atoms with van der Waals surface area (Å²) in [5, 5.41) is 6.88. The van der Waals surface area contributed by atoms with Gasteiger partial charge in [0, 0.05) is 47.3 Å². The van der Waals surface area contributed by atoms with Gasteiger partial charge in [0.1, 0.15) is 5.75 Å². The summed E-state index contributed by atoms with van der Waals surface area (Å²) in [6.45, 7) is 14.5. The third-order valence-corrected chi connectivity index (χ3v) is 5.97. The molecule has 2 rings (SSSR count). The summed E-state index contributed by atoms with van der Waals surface area (Å²) in [7, 11) is 1.64. The molecule has 1 aliphatic heterocycles. The fourth-order valence-electron chi connectivity index (χ4n) is 3.96. The minimum Gasteiger partial charge on any atom is -0.496 e. The molecule has 1 heterocycles. The van der Waals surface area contributed by atoms with E-state index in [0.29, 0.717) is 11.7 Å². The number of Topliss-reactive ketones (excluding diaryl/α,β-unsaturated/α-hetero) is 1. The van der Waals surface area contributed by atoms with Crippen molar-refractivity contribution in [2.75, 3.05) is 13.7 Å². The molecule has 33 heavy (non-hydrogen) atoms. The highest BCUT2D eigenvalue weighted by Gasteiger charge is 2.27. The van der Waals surface area contributed by atoms with Crippen molar-refractivity contribution in [2.24, 2.45) is 5.92 Å². The summed E-state index contributed by atoms with van der Waals surface area (Å²) in [4.78, 5) is 24.7. The lowest BCUT2D eigenvalue weighted by Gasteiger charge is -2.33. The van der Waals surface area contributed by atoms with E-state index in [1.807, 2.05) is 18.3 Å². The summed E-state index contributed by atoms with van der Waals surface area (Å²) >= 11 is 0. The first-order chi connectivity index (χ1) is 15.8.